The van der Waals surface area contributed by atoms with E-state index in [1.165, 1.54) is 6.42 Å². The van der Waals surface area contributed by atoms with Crippen LogP contribution in [0, 0.1) is 11.8 Å². The highest BCUT2D eigenvalue weighted by Crippen LogP contribution is 2.45. The van der Waals surface area contributed by atoms with E-state index in [1.807, 2.05) is 0 Å². The molecule has 2 rings (SSSR count). The van der Waals surface area contributed by atoms with Crippen molar-refractivity contribution in [2.75, 3.05) is 18.8 Å². The Hall–Kier alpha value is -0.0900. The summed E-state index contributed by atoms with van der Waals surface area (Å²) in [7, 11) is -2.87. The molecule has 4 heteroatoms. The van der Waals surface area contributed by atoms with Crippen LogP contribution in [0.1, 0.15) is 13.3 Å². The molecular weight excluding hydrogens is 162 g/mol. The van der Waals surface area contributed by atoms with Gasteiger partial charge in [0.1, 0.15) is 0 Å². The van der Waals surface area contributed by atoms with E-state index in [0.29, 0.717) is 11.8 Å². The number of rotatable bonds is 2. The lowest BCUT2D eigenvalue weighted by atomic mass is 10.4. The first-order valence-corrected chi connectivity index (χ1v) is 5.72. The van der Waals surface area contributed by atoms with Gasteiger partial charge in [-0.15, -0.1) is 0 Å². The fraction of sp³-hybridized carbons (Fsp3) is 1.00. The first-order chi connectivity index (χ1) is 5.13. The van der Waals surface area contributed by atoms with Gasteiger partial charge < -0.3 is 0 Å². The summed E-state index contributed by atoms with van der Waals surface area (Å²) in [5.41, 5.74) is 0. The van der Waals surface area contributed by atoms with E-state index in [0.717, 1.165) is 13.1 Å². The van der Waals surface area contributed by atoms with Crippen LogP contribution < -0.4 is 0 Å². The van der Waals surface area contributed by atoms with E-state index >= 15 is 0 Å². The van der Waals surface area contributed by atoms with Crippen LogP contribution in [-0.2, 0) is 10.0 Å². The molecule has 1 aliphatic carbocycles. The summed E-state index contributed by atoms with van der Waals surface area (Å²) in [6.07, 6.45) is 1.26. The molecule has 0 aromatic rings. The highest BCUT2D eigenvalue weighted by Gasteiger charge is 2.48. The molecule has 2 unspecified atom stereocenters. The third-order valence-electron chi connectivity index (χ3n) is 2.70. The van der Waals surface area contributed by atoms with Gasteiger partial charge in [0, 0.05) is 13.1 Å². The predicted octanol–water partition coefficient (Wildman–Crippen LogP) is 0.288. The molecule has 3 nitrogen and oxygen atoms in total. The minimum absolute atomic E-state index is 0.256. The van der Waals surface area contributed by atoms with Crippen molar-refractivity contribution in [3.63, 3.8) is 0 Å². The van der Waals surface area contributed by atoms with Crippen molar-refractivity contribution in [2.45, 2.75) is 13.3 Å². The molecule has 0 N–H and O–H groups in total. The maximum Gasteiger partial charge on any atom is 0.213 e. The van der Waals surface area contributed by atoms with Crippen LogP contribution in [0.5, 0.6) is 0 Å². The van der Waals surface area contributed by atoms with Crippen molar-refractivity contribution >= 4 is 10.0 Å². The highest BCUT2D eigenvalue weighted by molar-refractivity contribution is 7.89. The topological polar surface area (TPSA) is 37.4 Å². The number of hydrogen-bond acceptors (Lipinski definition) is 2. The average Bonchev–Trinajstić information content (AvgIpc) is 2.59. The lowest BCUT2D eigenvalue weighted by Gasteiger charge is -2.15. The predicted molar refractivity (Wildman–Crippen MR) is 42.6 cm³/mol. The van der Waals surface area contributed by atoms with Crippen LogP contribution >= 0.6 is 0 Å². The molecule has 0 aromatic heterocycles. The first-order valence-electron chi connectivity index (χ1n) is 4.11. The van der Waals surface area contributed by atoms with Gasteiger partial charge in [0.25, 0.3) is 0 Å². The third kappa shape index (κ3) is 1.18. The normalized spacial score (nSPS) is 37.2. The lowest BCUT2D eigenvalue weighted by molar-refractivity contribution is 0.444. The summed E-state index contributed by atoms with van der Waals surface area (Å²) in [6, 6.07) is 0. The van der Waals surface area contributed by atoms with Crippen molar-refractivity contribution in [3.8, 4) is 0 Å². The molecule has 0 bridgehead atoms. The number of hydrogen-bond donors (Lipinski definition) is 0. The van der Waals surface area contributed by atoms with Crippen molar-refractivity contribution in [1.29, 1.82) is 0 Å². The molecule has 1 saturated heterocycles. The van der Waals surface area contributed by atoms with E-state index < -0.39 is 10.0 Å². The summed E-state index contributed by atoms with van der Waals surface area (Å²) in [4.78, 5) is 0. The van der Waals surface area contributed by atoms with Crippen LogP contribution in [0.3, 0.4) is 0 Å². The van der Waals surface area contributed by atoms with E-state index in [2.05, 4.69) is 0 Å². The quantitative estimate of drug-likeness (QED) is 0.605. The molecule has 2 fully saturated rings. The Morgan fingerprint density at radius 3 is 2.36 bits per heavy atom. The minimum atomic E-state index is -2.87. The zero-order valence-corrected chi connectivity index (χ0v) is 7.47. The van der Waals surface area contributed by atoms with Crippen LogP contribution in [0.25, 0.3) is 0 Å². The molecule has 0 amide bonds. The second-order valence-corrected chi connectivity index (χ2v) is 5.73. The van der Waals surface area contributed by atoms with Gasteiger partial charge in [-0.1, -0.05) is 0 Å². The van der Waals surface area contributed by atoms with Gasteiger partial charge in [-0.25, -0.2) is 12.7 Å². The number of piperidine rings is 1. The summed E-state index contributed by atoms with van der Waals surface area (Å²) in [6.45, 7) is 3.29. The maximum absolute atomic E-state index is 11.3. The molecule has 1 saturated carbocycles. The van der Waals surface area contributed by atoms with E-state index in [1.54, 1.807) is 11.2 Å². The molecule has 2 aliphatic rings. The third-order valence-corrected chi connectivity index (χ3v) is 4.52. The molecular formula is C7H13NO2S. The molecule has 2 atom stereocenters. The molecule has 1 heterocycles. The van der Waals surface area contributed by atoms with E-state index in [9.17, 15) is 8.42 Å². The molecule has 1 aliphatic heterocycles. The summed E-state index contributed by atoms with van der Waals surface area (Å²) < 4.78 is 24.2. The lowest BCUT2D eigenvalue weighted by Crippen LogP contribution is -2.31. The fourth-order valence-electron chi connectivity index (χ4n) is 1.76. The maximum atomic E-state index is 11.3. The van der Waals surface area contributed by atoms with Gasteiger partial charge in [0.2, 0.25) is 10.0 Å². The molecule has 0 spiro atoms. The van der Waals surface area contributed by atoms with Crippen LogP contribution in [0.15, 0.2) is 0 Å². The summed E-state index contributed by atoms with van der Waals surface area (Å²) >= 11 is 0. The number of sulfonamides is 1. The zero-order valence-electron chi connectivity index (χ0n) is 6.66. The molecule has 0 aromatic carbocycles. The Labute approximate surface area is 67.4 Å². The van der Waals surface area contributed by atoms with Crippen LogP contribution in [0.4, 0.5) is 0 Å². The van der Waals surface area contributed by atoms with Crippen LogP contribution in [0.2, 0.25) is 0 Å². The smallest absolute Gasteiger partial charge is 0.212 e. The average molecular weight is 175 g/mol. The Bertz CT molecular complexity index is 250. The van der Waals surface area contributed by atoms with Crippen molar-refractivity contribution in [2.24, 2.45) is 11.8 Å². The monoisotopic (exact) mass is 175 g/mol. The van der Waals surface area contributed by atoms with Gasteiger partial charge in [-0.2, -0.15) is 0 Å². The van der Waals surface area contributed by atoms with E-state index in [-0.39, 0.29) is 5.75 Å². The molecule has 0 radical (unpaired) electrons. The molecule has 64 valence electrons. The van der Waals surface area contributed by atoms with Crippen molar-refractivity contribution in [3.05, 3.63) is 0 Å². The summed E-state index contributed by atoms with van der Waals surface area (Å²) in [5.74, 6) is 1.67. The van der Waals surface area contributed by atoms with Crippen molar-refractivity contribution in [1.82, 2.24) is 4.31 Å². The van der Waals surface area contributed by atoms with Gasteiger partial charge in [-0.05, 0) is 25.2 Å². The van der Waals surface area contributed by atoms with Crippen LogP contribution in [-0.4, -0.2) is 31.6 Å². The fourth-order valence-corrected chi connectivity index (χ4v) is 2.97. The Morgan fingerprint density at radius 2 is 1.91 bits per heavy atom. The van der Waals surface area contributed by atoms with Gasteiger partial charge in [-0.3, -0.25) is 0 Å². The van der Waals surface area contributed by atoms with Gasteiger partial charge >= 0.3 is 0 Å². The SMILES string of the molecule is CCS(=O)(=O)N1CC2CC2C1. The number of nitrogens with zero attached hydrogens (tertiary/aromatic N) is 1. The van der Waals surface area contributed by atoms with Crippen molar-refractivity contribution < 1.29 is 8.42 Å². The first kappa shape index (κ1) is 7.55. The highest BCUT2D eigenvalue weighted by atomic mass is 32.2. The number of fused-ring (bicyclic) bond motifs is 1. The summed E-state index contributed by atoms with van der Waals surface area (Å²) in [5, 5.41) is 0. The molecule has 11 heavy (non-hydrogen) atoms. The van der Waals surface area contributed by atoms with Gasteiger partial charge in [0.05, 0.1) is 5.75 Å². The Kier molecular flexibility index (Phi) is 1.51. The minimum Gasteiger partial charge on any atom is -0.212 e. The second-order valence-electron chi connectivity index (χ2n) is 3.47. The zero-order chi connectivity index (χ0) is 8.06. The standard InChI is InChI=1S/C7H13NO2S/c1-2-11(9,10)8-4-6-3-7(6)5-8/h6-7H,2-5H2,1H3. The second kappa shape index (κ2) is 2.20. The largest absolute Gasteiger partial charge is 0.213 e. The Morgan fingerprint density at radius 1 is 1.36 bits per heavy atom. The van der Waals surface area contributed by atoms with Gasteiger partial charge in [0.15, 0.2) is 0 Å². The Balaban J connectivity index is 2.07. The van der Waals surface area contributed by atoms with E-state index in [4.69, 9.17) is 0 Å².